The van der Waals surface area contributed by atoms with Crippen LogP contribution in [0.5, 0.6) is 0 Å². The van der Waals surface area contributed by atoms with Crippen LogP contribution in [0.25, 0.3) is 0 Å². The van der Waals surface area contributed by atoms with Gasteiger partial charge >= 0.3 is 0 Å². The second-order valence-corrected chi connectivity index (χ2v) is 6.41. The first kappa shape index (κ1) is 15.7. The standard InChI is InChI=1S/C16H17Br2NO/c17-15-7-6-13(9-16(15)18)10-19-14(11-20)8-12-4-2-1-3-5-12/h1-7,9,14,19-20H,8,10-11H2/t14-/m1/s1. The Hall–Kier alpha value is -0.680. The largest absolute Gasteiger partial charge is 0.395 e. The van der Waals surface area contributed by atoms with Crippen LogP contribution in [0.2, 0.25) is 0 Å². The van der Waals surface area contributed by atoms with Gasteiger partial charge in [0.25, 0.3) is 0 Å². The van der Waals surface area contributed by atoms with Gasteiger partial charge in [-0.15, -0.1) is 0 Å². The molecule has 2 aromatic carbocycles. The normalized spacial score (nSPS) is 12.3. The molecule has 0 aliphatic carbocycles. The fraction of sp³-hybridized carbons (Fsp3) is 0.250. The molecule has 0 aromatic heterocycles. The van der Waals surface area contributed by atoms with Crippen LogP contribution in [0.1, 0.15) is 11.1 Å². The molecule has 0 aliphatic rings. The summed E-state index contributed by atoms with van der Waals surface area (Å²) in [5, 5.41) is 12.9. The average molecular weight is 399 g/mol. The zero-order chi connectivity index (χ0) is 14.4. The molecule has 0 radical (unpaired) electrons. The van der Waals surface area contributed by atoms with Gasteiger partial charge in [-0.05, 0) is 61.5 Å². The minimum absolute atomic E-state index is 0.0693. The highest BCUT2D eigenvalue weighted by molar-refractivity contribution is 9.13. The maximum absolute atomic E-state index is 9.48. The molecule has 0 spiro atoms. The summed E-state index contributed by atoms with van der Waals surface area (Å²) >= 11 is 6.96. The first-order valence-corrected chi connectivity index (χ1v) is 8.09. The molecule has 0 fully saturated rings. The van der Waals surface area contributed by atoms with Crippen molar-refractivity contribution in [3.05, 3.63) is 68.6 Å². The fourth-order valence-corrected chi connectivity index (χ4v) is 2.68. The van der Waals surface area contributed by atoms with Crippen LogP contribution < -0.4 is 5.32 Å². The van der Waals surface area contributed by atoms with E-state index in [1.165, 1.54) is 11.1 Å². The van der Waals surface area contributed by atoms with E-state index in [2.05, 4.69) is 61.4 Å². The quantitative estimate of drug-likeness (QED) is 0.773. The summed E-state index contributed by atoms with van der Waals surface area (Å²) in [6.07, 6.45) is 0.828. The number of nitrogens with one attached hydrogen (secondary N) is 1. The Balaban J connectivity index is 1.92. The van der Waals surface area contributed by atoms with E-state index < -0.39 is 0 Å². The van der Waals surface area contributed by atoms with E-state index in [4.69, 9.17) is 0 Å². The molecule has 0 amide bonds. The van der Waals surface area contributed by atoms with Crippen molar-refractivity contribution in [2.24, 2.45) is 0 Å². The van der Waals surface area contributed by atoms with Gasteiger partial charge in [0, 0.05) is 21.5 Å². The van der Waals surface area contributed by atoms with Gasteiger partial charge in [0.1, 0.15) is 0 Å². The maximum Gasteiger partial charge on any atom is 0.0587 e. The summed E-state index contributed by atoms with van der Waals surface area (Å²) in [7, 11) is 0. The minimum atomic E-state index is 0.0693. The lowest BCUT2D eigenvalue weighted by atomic mass is 10.1. The second-order valence-electron chi connectivity index (χ2n) is 4.70. The van der Waals surface area contributed by atoms with Gasteiger partial charge in [0.05, 0.1) is 6.61 Å². The van der Waals surface area contributed by atoms with Gasteiger partial charge in [-0.2, -0.15) is 0 Å². The molecule has 0 saturated heterocycles. The topological polar surface area (TPSA) is 32.3 Å². The molecule has 0 unspecified atom stereocenters. The minimum Gasteiger partial charge on any atom is -0.395 e. The molecular weight excluding hydrogens is 382 g/mol. The molecular formula is C16H17Br2NO. The third-order valence-corrected chi connectivity index (χ3v) is 5.00. The molecule has 106 valence electrons. The van der Waals surface area contributed by atoms with Crippen LogP contribution in [0.4, 0.5) is 0 Å². The van der Waals surface area contributed by atoms with Gasteiger partial charge in [-0.1, -0.05) is 36.4 Å². The van der Waals surface area contributed by atoms with Crippen molar-refractivity contribution in [3.8, 4) is 0 Å². The third-order valence-electron chi connectivity index (χ3n) is 3.12. The van der Waals surface area contributed by atoms with Crippen LogP contribution in [0.15, 0.2) is 57.5 Å². The Morgan fingerprint density at radius 3 is 2.35 bits per heavy atom. The Kier molecular flexibility index (Phi) is 6.23. The number of halogens is 2. The Morgan fingerprint density at radius 2 is 1.70 bits per heavy atom. The molecule has 0 heterocycles. The summed E-state index contributed by atoms with van der Waals surface area (Å²) in [5.74, 6) is 0. The van der Waals surface area contributed by atoms with E-state index in [0.717, 1.165) is 21.9 Å². The third kappa shape index (κ3) is 4.70. The van der Waals surface area contributed by atoms with Gasteiger partial charge in [-0.3, -0.25) is 0 Å². The number of hydrogen-bond acceptors (Lipinski definition) is 2. The molecule has 0 aliphatic heterocycles. The SMILES string of the molecule is OC[C@@H](Cc1ccccc1)NCc1ccc(Br)c(Br)c1. The monoisotopic (exact) mass is 397 g/mol. The molecule has 2 nitrogen and oxygen atoms in total. The van der Waals surface area contributed by atoms with E-state index in [9.17, 15) is 5.11 Å². The van der Waals surface area contributed by atoms with E-state index in [-0.39, 0.29) is 12.6 Å². The van der Waals surface area contributed by atoms with Crippen molar-refractivity contribution in [3.63, 3.8) is 0 Å². The average Bonchev–Trinajstić information content (AvgIpc) is 2.48. The van der Waals surface area contributed by atoms with Crippen LogP contribution in [-0.2, 0) is 13.0 Å². The lowest BCUT2D eigenvalue weighted by molar-refractivity contribution is 0.241. The lowest BCUT2D eigenvalue weighted by Crippen LogP contribution is -2.34. The van der Waals surface area contributed by atoms with E-state index >= 15 is 0 Å². The molecule has 0 saturated carbocycles. The lowest BCUT2D eigenvalue weighted by Gasteiger charge is -2.16. The molecule has 1 atom stereocenters. The van der Waals surface area contributed by atoms with Crippen molar-refractivity contribution >= 4 is 31.9 Å². The predicted octanol–water partition coefficient (Wildman–Crippen LogP) is 3.90. The highest BCUT2D eigenvalue weighted by Gasteiger charge is 2.08. The Labute approximate surface area is 136 Å². The highest BCUT2D eigenvalue weighted by Crippen LogP contribution is 2.23. The van der Waals surface area contributed by atoms with Crippen molar-refractivity contribution in [2.75, 3.05) is 6.61 Å². The maximum atomic E-state index is 9.48. The molecule has 20 heavy (non-hydrogen) atoms. The number of hydrogen-bond donors (Lipinski definition) is 2. The predicted molar refractivity (Wildman–Crippen MR) is 89.7 cm³/mol. The van der Waals surface area contributed by atoms with Crippen molar-refractivity contribution < 1.29 is 5.11 Å². The van der Waals surface area contributed by atoms with E-state index in [1.54, 1.807) is 0 Å². The summed E-state index contributed by atoms with van der Waals surface area (Å²) in [4.78, 5) is 0. The molecule has 0 bridgehead atoms. The van der Waals surface area contributed by atoms with Gasteiger partial charge in [0.2, 0.25) is 0 Å². The summed E-state index contributed by atoms with van der Waals surface area (Å²) in [6.45, 7) is 0.872. The highest BCUT2D eigenvalue weighted by atomic mass is 79.9. The van der Waals surface area contributed by atoms with Crippen molar-refractivity contribution in [1.29, 1.82) is 0 Å². The smallest absolute Gasteiger partial charge is 0.0587 e. The van der Waals surface area contributed by atoms with Crippen molar-refractivity contribution in [1.82, 2.24) is 5.32 Å². The van der Waals surface area contributed by atoms with Gasteiger partial charge in [0.15, 0.2) is 0 Å². The number of rotatable bonds is 6. The summed E-state index contributed by atoms with van der Waals surface area (Å²) in [6, 6.07) is 16.5. The molecule has 4 heteroatoms. The number of aliphatic hydroxyl groups is 1. The summed E-state index contributed by atoms with van der Waals surface area (Å²) < 4.78 is 2.09. The van der Waals surface area contributed by atoms with Gasteiger partial charge < -0.3 is 10.4 Å². The van der Waals surface area contributed by atoms with Crippen LogP contribution >= 0.6 is 31.9 Å². The van der Waals surface area contributed by atoms with Crippen molar-refractivity contribution in [2.45, 2.75) is 19.0 Å². The zero-order valence-electron chi connectivity index (χ0n) is 11.0. The van der Waals surface area contributed by atoms with Crippen LogP contribution in [0, 0.1) is 0 Å². The molecule has 2 N–H and O–H groups in total. The molecule has 2 aromatic rings. The van der Waals surface area contributed by atoms with E-state index in [1.807, 2.05) is 24.3 Å². The first-order valence-electron chi connectivity index (χ1n) is 6.51. The Morgan fingerprint density at radius 1 is 0.950 bits per heavy atom. The van der Waals surface area contributed by atoms with Gasteiger partial charge in [-0.25, -0.2) is 0 Å². The first-order chi connectivity index (χ1) is 9.69. The van der Waals surface area contributed by atoms with E-state index in [0.29, 0.717) is 0 Å². The number of aliphatic hydroxyl groups excluding tert-OH is 1. The Bertz CT molecular complexity index is 545. The second kappa shape index (κ2) is 7.93. The number of benzene rings is 2. The van der Waals surface area contributed by atoms with Crippen LogP contribution in [-0.4, -0.2) is 17.8 Å². The fourth-order valence-electron chi connectivity index (χ4n) is 2.01. The zero-order valence-corrected chi connectivity index (χ0v) is 14.2. The molecule has 2 rings (SSSR count). The van der Waals surface area contributed by atoms with Crippen LogP contribution in [0.3, 0.4) is 0 Å². The summed E-state index contributed by atoms with van der Waals surface area (Å²) in [5.41, 5.74) is 2.42.